The normalized spacial score (nSPS) is 10.6. The molecule has 1 amide bonds. The minimum atomic E-state index is -0.760. The second kappa shape index (κ2) is 7.49. The van der Waals surface area contributed by atoms with Crippen molar-refractivity contribution >= 4 is 29.4 Å². The number of carbonyl (C=O) groups excluding carboxylic acids is 1. The molecular weight excluding hydrogens is 354 g/mol. The first-order chi connectivity index (χ1) is 11.8. The molecule has 0 saturated carbocycles. The van der Waals surface area contributed by atoms with Gasteiger partial charge in [0, 0.05) is 5.02 Å². The van der Waals surface area contributed by atoms with Gasteiger partial charge in [-0.3, -0.25) is 14.9 Å². The molecule has 0 fully saturated rings. The molecule has 0 aliphatic carbocycles. The predicted octanol–water partition coefficient (Wildman–Crippen LogP) is 2.43. The SMILES string of the molecule is COc1c(O)ccc(/C=N/NC(=O)c2cc(Cl)ccc2O)c1[N+](=O)[O-]. The van der Waals surface area contributed by atoms with Gasteiger partial charge in [0.05, 0.1) is 29.4 Å². The third-order valence-corrected chi connectivity index (χ3v) is 3.34. The van der Waals surface area contributed by atoms with Crippen LogP contribution in [0, 0.1) is 10.1 Å². The lowest BCUT2D eigenvalue weighted by Crippen LogP contribution is -2.17. The van der Waals surface area contributed by atoms with E-state index in [-0.39, 0.29) is 27.6 Å². The summed E-state index contributed by atoms with van der Waals surface area (Å²) in [5, 5.41) is 34.3. The Balaban J connectivity index is 2.27. The fraction of sp³-hybridized carbons (Fsp3) is 0.0667. The first-order valence-electron chi connectivity index (χ1n) is 6.71. The third-order valence-electron chi connectivity index (χ3n) is 3.10. The minimum Gasteiger partial charge on any atom is -0.507 e. The van der Waals surface area contributed by atoms with Crippen LogP contribution in [0.5, 0.6) is 17.2 Å². The summed E-state index contributed by atoms with van der Waals surface area (Å²) in [7, 11) is 1.17. The van der Waals surface area contributed by atoms with E-state index in [2.05, 4.69) is 10.5 Å². The van der Waals surface area contributed by atoms with Gasteiger partial charge in [-0.2, -0.15) is 5.10 Å². The quantitative estimate of drug-likeness (QED) is 0.423. The number of amides is 1. The van der Waals surface area contributed by atoms with Crippen LogP contribution in [0.3, 0.4) is 0 Å². The van der Waals surface area contributed by atoms with Gasteiger partial charge >= 0.3 is 5.69 Å². The number of carbonyl (C=O) groups is 1. The van der Waals surface area contributed by atoms with Gasteiger partial charge in [0.25, 0.3) is 5.91 Å². The Bertz CT molecular complexity index is 869. The Morgan fingerprint density at radius 2 is 2.00 bits per heavy atom. The fourth-order valence-electron chi connectivity index (χ4n) is 1.98. The number of phenols is 2. The number of hydrogen-bond donors (Lipinski definition) is 3. The zero-order chi connectivity index (χ0) is 18.6. The van der Waals surface area contributed by atoms with E-state index in [4.69, 9.17) is 16.3 Å². The number of halogens is 1. The standard InChI is InChI=1S/C15H12ClN3O6/c1-25-14-12(21)4-2-8(13(14)19(23)24)7-17-18-15(22)10-6-9(16)3-5-11(10)20/h2-7,20-21H,1H3,(H,18,22)/b17-7+. The number of methoxy groups -OCH3 is 1. The largest absolute Gasteiger partial charge is 0.507 e. The smallest absolute Gasteiger partial charge is 0.323 e. The summed E-state index contributed by atoms with van der Waals surface area (Å²) in [6, 6.07) is 6.33. The molecule has 0 spiro atoms. The molecule has 0 saturated heterocycles. The van der Waals surface area contributed by atoms with Crippen molar-refractivity contribution in [2.75, 3.05) is 7.11 Å². The maximum Gasteiger partial charge on any atom is 0.323 e. The Labute approximate surface area is 146 Å². The molecule has 0 radical (unpaired) electrons. The molecule has 0 aromatic heterocycles. The second-order valence-corrected chi connectivity index (χ2v) is 5.11. The molecule has 0 unspecified atom stereocenters. The van der Waals surface area contributed by atoms with Crippen molar-refractivity contribution in [1.82, 2.24) is 5.43 Å². The molecule has 3 N–H and O–H groups in total. The number of nitrogens with zero attached hydrogens (tertiary/aromatic N) is 2. The molecule has 9 nitrogen and oxygen atoms in total. The molecular formula is C15H12ClN3O6. The van der Waals surface area contributed by atoms with Crippen LogP contribution in [0.1, 0.15) is 15.9 Å². The van der Waals surface area contributed by atoms with E-state index >= 15 is 0 Å². The van der Waals surface area contributed by atoms with Gasteiger partial charge in [0.1, 0.15) is 5.75 Å². The molecule has 0 atom stereocenters. The number of rotatable bonds is 5. The number of ether oxygens (including phenoxy) is 1. The number of hydrogen-bond acceptors (Lipinski definition) is 7. The van der Waals surface area contributed by atoms with E-state index in [1.54, 1.807) is 0 Å². The molecule has 0 aliphatic heterocycles. The summed E-state index contributed by atoms with van der Waals surface area (Å²) in [6.45, 7) is 0. The molecule has 2 aromatic rings. The summed E-state index contributed by atoms with van der Waals surface area (Å²) < 4.78 is 4.82. The fourth-order valence-corrected chi connectivity index (χ4v) is 2.15. The molecule has 2 rings (SSSR count). The minimum absolute atomic E-state index is 0.00438. The average Bonchev–Trinajstić information content (AvgIpc) is 2.57. The Morgan fingerprint density at radius 1 is 1.32 bits per heavy atom. The molecule has 2 aromatic carbocycles. The van der Waals surface area contributed by atoms with E-state index in [0.29, 0.717) is 0 Å². The number of hydrazone groups is 1. The highest BCUT2D eigenvalue weighted by Crippen LogP contribution is 2.37. The van der Waals surface area contributed by atoms with E-state index < -0.39 is 22.3 Å². The molecule has 130 valence electrons. The highest BCUT2D eigenvalue weighted by molar-refractivity contribution is 6.31. The Hall–Kier alpha value is -3.33. The third kappa shape index (κ3) is 3.96. The lowest BCUT2D eigenvalue weighted by atomic mass is 10.1. The number of nitro benzene ring substituents is 1. The van der Waals surface area contributed by atoms with Crippen molar-refractivity contribution in [3.63, 3.8) is 0 Å². The first-order valence-corrected chi connectivity index (χ1v) is 7.09. The zero-order valence-electron chi connectivity index (χ0n) is 12.8. The summed E-state index contributed by atoms with van der Waals surface area (Å²) >= 11 is 5.75. The van der Waals surface area contributed by atoms with Gasteiger partial charge in [-0.15, -0.1) is 0 Å². The van der Waals surface area contributed by atoms with Gasteiger partial charge in [0.15, 0.2) is 5.75 Å². The van der Waals surface area contributed by atoms with Gasteiger partial charge < -0.3 is 14.9 Å². The lowest BCUT2D eigenvalue weighted by Gasteiger charge is -2.06. The van der Waals surface area contributed by atoms with Crippen LogP contribution in [-0.4, -0.2) is 34.4 Å². The van der Waals surface area contributed by atoms with Crippen molar-refractivity contribution in [2.24, 2.45) is 5.10 Å². The van der Waals surface area contributed by atoms with Gasteiger partial charge in [0.2, 0.25) is 5.75 Å². The maximum absolute atomic E-state index is 12.0. The van der Waals surface area contributed by atoms with Crippen molar-refractivity contribution in [3.05, 3.63) is 56.6 Å². The van der Waals surface area contributed by atoms with Crippen LogP contribution in [0.25, 0.3) is 0 Å². The highest BCUT2D eigenvalue weighted by atomic mass is 35.5. The molecule has 10 heteroatoms. The topological polar surface area (TPSA) is 134 Å². The van der Waals surface area contributed by atoms with Gasteiger partial charge in [-0.1, -0.05) is 11.6 Å². The summed E-state index contributed by atoms with van der Waals surface area (Å²) in [6.07, 6.45) is 1.01. The molecule has 0 heterocycles. The summed E-state index contributed by atoms with van der Waals surface area (Å²) in [5.74, 6) is -1.79. The number of nitrogens with one attached hydrogen (secondary N) is 1. The summed E-state index contributed by atoms with van der Waals surface area (Å²) in [5.41, 5.74) is 1.50. The number of benzene rings is 2. The van der Waals surface area contributed by atoms with E-state index in [9.17, 15) is 25.1 Å². The van der Waals surface area contributed by atoms with Crippen molar-refractivity contribution in [2.45, 2.75) is 0 Å². The lowest BCUT2D eigenvalue weighted by molar-refractivity contribution is -0.386. The van der Waals surface area contributed by atoms with E-state index in [1.165, 1.54) is 37.4 Å². The van der Waals surface area contributed by atoms with Gasteiger partial charge in [-0.05, 0) is 30.3 Å². The Morgan fingerprint density at radius 3 is 2.64 bits per heavy atom. The highest BCUT2D eigenvalue weighted by Gasteiger charge is 2.23. The van der Waals surface area contributed by atoms with Crippen molar-refractivity contribution < 1.29 is 24.7 Å². The van der Waals surface area contributed by atoms with Crippen molar-refractivity contribution in [1.29, 1.82) is 0 Å². The first kappa shape index (κ1) is 18.0. The monoisotopic (exact) mass is 365 g/mol. The average molecular weight is 366 g/mol. The maximum atomic E-state index is 12.0. The van der Waals surface area contributed by atoms with Gasteiger partial charge in [-0.25, -0.2) is 5.43 Å². The number of nitro groups is 1. The predicted molar refractivity (Wildman–Crippen MR) is 89.5 cm³/mol. The summed E-state index contributed by atoms with van der Waals surface area (Å²) in [4.78, 5) is 22.4. The Kier molecular flexibility index (Phi) is 5.40. The number of phenolic OH excluding ortho intramolecular Hbond substituents is 2. The second-order valence-electron chi connectivity index (χ2n) is 4.67. The zero-order valence-corrected chi connectivity index (χ0v) is 13.5. The van der Waals surface area contributed by atoms with Crippen LogP contribution in [0.4, 0.5) is 5.69 Å². The van der Waals surface area contributed by atoms with Crippen LogP contribution in [0.2, 0.25) is 5.02 Å². The van der Waals surface area contributed by atoms with E-state index in [0.717, 1.165) is 6.21 Å². The van der Waals surface area contributed by atoms with Crippen LogP contribution in [0.15, 0.2) is 35.4 Å². The van der Waals surface area contributed by atoms with E-state index in [1.807, 2.05) is 0 Å². The molecule has 0 aliphatic rings. The molecule has 25 heavy (non-hydrogen) atoms. The molecule has 0 bridgehead atoms. The number of aromatic hydroxyl groups is 2. The van der Waals surface area contributed by atoms with Crippen LogP contribution in [-0.2, 0) is 0 Å². The van der Waals surface area contributed by atoms with Crippen LogP contribution < -0.4 is 10.2 Å². The van der Waals surface area contributed by atoms with Crippen molar-refractivity contribution in [3.8, 4) is 17.2 Å². The van der Waals surface area contributed by atoms with Crippen LogP contribution >= 0.6 is 11.6 Å².